The Morgan fingerprint density at radius 1 is 1.35 bits per heavy atom. The molecule has 3 rings (SSSR count). The molecule has 134 valence electrons. The standard InChI is InChI=1S/C17H18ClN7O/c1-2-25-10-13(8-22-25)23-17-21-9-14(15(19)26)16(24-17)20-7-11-4-3-5-12(18)6-11/h3-6,8-10H,2,7H2,1H3,(H2,19,26)(H2,20,21,23,24). The molecule has 0 atom stereocenters. The minimum Gasteiger partial charge on any atom is -0.365 e. The number of nitrogens with one attached hydrogen (secondary N) is 2. The summed E-state index contributed by atoms with van der Waals surface area (Å²) < 4.78 is 1.78. The van der Waals surface area contributed by atoms with Crippen molar-refractivity contribution in [1.82, 2.24) is 19.7 Å². The molecule has 9 heteroatoms. The van der Waals surface area contributed by atoms with Crippen molar-refractivity contribution in [3.63, 3.8) is 0 Å². The van der Waals surface area contributed by atoms with Gasteiger partial charge in [0, 0.05) is 30.5 Å². The van der Waals surface area contributed by atoms with Crippen LogP contribution in [0.1, 0.15) is 22.8 Å². The number of carbonyl (C=O) groups is 1. The number of anilines is 3. The van der Waals surface area contributed by atoms with Crippen molar-refractivity contribution < 1.29 is 4.79 Å². The number of primary amides is 1. The summed E-state index contributed by atoms with van der Waals surface area (Å²) in [5.41, 5.74) is 7.33. The Bertz CT molecular complexity index is 925. The Morgan fingerprint density at radius 3 is 2.88 bits per heavy atom. The minimum absolute atomic E-state index is 0.210. The van der Waals surface area contributed by atoms with E-state index in [2.05, 4.69) is 25.7 Å². The van der Waals surface area contributed by atoms with Crippen LogP contribution >= 0.6 is 11.6 Å². The number of aryl methyl sites for hydroxylation is 1. The number of hydrogen-bond acceptors (Lipinski definition) is 6. The molecule has 8 nitrogen and oxygen atoms in total. The molecule has 0 radical (unpaired) electrons. The highest BCUT2D eigenvalue weighted by Gasteiger charge is 2.12. The summed E-state index contributed by atoms with van der Waals surface area (Å²) in [7, 11) is 0. The summed E-state index contributed by atoms with van der Waals surface area (Å²) in [5, 5.41) is 11.0. The molecule has 0 bridgehead atoms. The van der Waals surface area contributed by atoms with E-state index in [-0.39, 0.29) is 5.56 Å². The lowest BCUT2D eigenvalue weighted by molar-refractivity contribution is 0.100. The first-order chi connectivity index (χ1) is 12.5. The molecule has 2 aromatic heterocycles. The third-order valence-corrected chi connectivity index (χ3v) is 3.85. The molecule has 0 unspecified atom stereocenters. The maximum atomic E-state index is 11.6. The lowest BCUT2D eigenvalue weighted by Crippen LogP contribution is -2.17. The average molecular weight is 372 g/mol. The second-order valence-corrected chi connectivity index (χ2v) is 5.95. The fourth-order valence-electron chi connectivity index (χ4n) is 2.32. The quantitative estimate of drug-likeness (QED) is 0.589. The number of nitrogens with zero attached hydrogens (tertiary/aromatic N) is 4. The molecule has 4 N–H and O–H groups in total. The van der Waals surface area contributed by atoms with Crippen LogP contribution in [0.15, 0.2) is 42.9 Å². The molecular weight excluding hydrogens is 354 g/mol. The van der Waals surface area contributed by atoms with Crippen molar-refractivity contribution >= 4 is 35.0 Å². The van der Waals surface area contributed by atoms with Gasteiger partial charge in [0.2, 0.25) is 5.95 Å². The van der Waals surface area contributed by atoms with Crippen molar-refractivity contribution in [2.24, 2.45) is 5.73 Å². The lowest BCUT2D eigenvalue weighted by atomic mass is 10.2. The van der Waals surface area contributed by atoms with E-state index < -0.39 is 5.91 Å². The molecule has 0 saturated heterocycles. The van der Waals surface area contributed by atoms with Gasteiger partial charge in [-0.2, -0.15) is 10.1 Å². The molecule has 1 amide bonds. The highest BCUT2D eigenvalue weighted by atomic mass is 35.5. The van der Waals surface area contributed by atoms with E-state index in [1.54, 1.807) is 16.9 Å². The zero-order chi connectivity index (χ0) is 18.5. The van der Waals surface area contributed by atoms with Gasteiger partial charge >= 0.3 is 0 Å². The van der Waals surface area contributed by atoms with Gasteiger partial charge in [0.15, 0.2) is 0 Å². The molecular formula is C17H18ClN7O. The van der Waals surface area contributed by atoms with Crippen LogP contribution in [0.3, 0.4) is 0 Å². The third kappa shape index (κ3) is 4.28. The maximum Gasteiger partial charge on any atom is 0.254 e. The molecule has 26 heavy (non-hydrogen) atoms. The van der Waals surface area contributed by atoms with Gasteiger partial charge in [0.25, 0.3) is 5.91 Å². The van der Waals surface area contributed by atoms with Gasteiger partial charge in [-0.05, 0) is 24.6 Å². The average Bonchev–Trinajstić information content (AvgIpc) is 3.07. The smallest absolute Gasteiger partial charge is 0.254 e. The van der Waals surface area contributed by atoms with Crippen LogP contribution in [0.2, 0.25) is 5.02 Å². The van der Waals surface area contributed by atoms with Gasteiger partial charge in [-0.3, -0.25) is 9.48 Å². The van der Waals surface area contributed by atoms with Gasteiger partial charge in [0.05, 0.1) is 17.4 Å². The Hall–Kier alpha value is -3.13. The van der Waals surface area contributed by atoms with E-state index in [1.165, 1.54) is 6.20 Å². The predicted octanol–water partition coefficient (Wildman–Crippen LogP) is 2.80. The van der Waals surface area contributed by atoms with Crippen LogP contribution in [-0.2, 0) is 13.1 Å². The van der Waals surface area contributed by atoms with Gasteiger partial charge in [-0.25, -0.2) is 4.98 Å². The van der Waals surface area contributed by atoms with Crippen LogP contribution in [-0.4, -0.2) is 25.7 Å². The molecule has 3 aromatic rings. The van der Waals surface area contributed by atoms with E-state index in [4.69, 9.17) is 17.3 Å². The van der Waals surface area contributed by atoms with Crippen LogP contribution in [0.5, 0.6) is 0 Å². The summed E-state index contributed by atoms with van der Waals surface area (Å²) in [5.74, 6) is 0.0704. The SMILES string of the molecule is CCn1cc(Nc2ncc(C(N)=O)c(NCc3cccc(Cl)c3)n2)cn1. The number of aromatic nitrogens is 4. The highest BCUT2D eigenvalue weighted by Crippen LogP contribution is 2.18. The molecule has 0 fully saturated rings. The molecule has 0 saturated carbocycles. The third-order valence-electron chi connectivity index (χ3n) is 3.62. The van der Waals surface area contributed by atoms with Gasteiger partial charge in [0.1, 0.15) is 5.82 Å². The first-order valence-electron chi connectivity index (χ1n) is 8.00. The monoisotopic (exact) mass is 371 g/mol. The van der Waals surface area contributed by atoms with E-state index in [0.29, 0.717) is 23.3 Å². The van der Waals surface area contributed by atoms with Crippen LogP contribution in [0.4, 0.5) is 17.5 Å². The molecule has 0 aliphatic rings. The number of amides is 1. The normalized spacial score (nSPS) is 10.5. The summed E-state index contributed by atoms with van der Waals surface area (Å²) in [6.45, 7) is 3.19. The van der Waals surface area contributed by atoms with E-state index in [9.17, 15) is 4.79 Å². The fraction of sp³-hybridized carbons (Fsp3) is 0.176. The molecule has 0 aliphatic heterocycles. The number of benzene rings is 1. The zero-order valence-corrected chi connectivity index (χ0v) is 14.9. The zero-order valence-electron chi connectivity index (χ0n) is 14.1. The second-order valence-electron chi connectivity index (χ2n) is 5.51. The number of carbonyl (C=O) groups excluding carboxylic acids is 1. The Labute approximate surface area is 155 Å². The predicted molar refractivity (Wildman–Crippen MR) is 101 cm³/mol. The van der Waals surface area contributed by atoms with Crippen LogP contribution < -0.4 is 16.4 Å². The molecule has 2 heterocycles. The number of hydrogen-bond donors (Lipinski definition) is 3. The topological polar surface area (TPSA) is 111 Å². The van der Waals surface area contributed by atoms with Crippen molar-refractivity contribution in [2.45, 2.75) is 20.0 Å². The Kier molecular flexibility index (Phi) is 5.33. The lowest BCUT2D eigenvalue weighted by Gasteiger charge is -2.11. The van der Waals surface area contributed by atoms with Gasteiger partial charge in [-0.1, -0.05) is 23.7 Å². The van der Waals surface area contributed by atoms with Crippen molar-refractivity contribution in [3.8, 4) is 0 Å². The highest BCUT2D eigenvalue weighted by molar-refractivity contribution is 6.30. The fourth-order valence-corrected chi connectivity index (χ4v) is 2.53. The van der Waals surface area contributed by atoms with E-state index in [0.717, 1.165) is 17.8 Å². The minimum atomic E-state index is -0.607. The van der Waals surface area contributed by atoms with Gasteiger partial charge < -0.3 is 16.4 Å². The molecule has 1 aromatic carbocycles. The largest absolute Gasteiger partial charge is 0.365 e. The number of halogens is 1. The van der Waals surface area contributed by atoms with Gasteiger partial charge in [-0.15, -0.1) is 0 Å². The number of rotatable bonds is 7. The van der Waals surface area contributed by atoms with Crippen molar-refractivity contribution in [1.29, 1.82) is 0 Å². The first kappa shape index (κ1) is 17.7. The molecule has 0 spiro atoms. The Balaban J connectivity index is 1.80. The summed E-state index contributed by atoms with van der Waals surface area (Å²) in [4.78, 5) is 20.1. The number of nitrogens with two attached hydrogens (primary N) is 1. The summed E-state index contributed by atoms with van der Waals surface area (Å²) >= 11 is 5.99. The van der Waals surface area contributed by atoms with E-state index in [1.807, 2.05) is 31.3 Å². The Morgan fingerprint density at radius 2 is 2.19 bits per heavy atom. The molecule has 0 aliphatic carbocycles. The van der Waals surface area contributed by atoms with Crippen LogP contribution in [0.25, 0.3) is 0 Å². The van der Waals surface area contributed by atoms with E-state index >= 15 is 0 Å². The second kappa shape index (κ2) is 7.83. The maximum absolute atomic E-state index is 11.6. The first-order valence-corrected chi connectivity index (χ1v) is 8.37. The summed E-state index contributed by atoms with van der Waals surface area (Å²) in [6.07, 6.45) is 4.90. The van der Waals surface area contributed by atoms with Crippen molar-refractivity contribution in [3.05, 3.63) is 59.0 Å². The summed E-state index contributed by atoms with van der Waals surface area (Å²) in [6, 6.07) is 7.40. The van der Waals surface area contributed by atoms with Crippen molar-refractivity contribution in [2.75, 3.05) is 10.6 Å². The van der Waals surface area contributed by atoms with Crippen LogP contribution in [0, 0.1) is 0 Å².